The summed E-state index contributed by atoms with van der Waals surface area (Å²) in [5.41, 5.74) is -0.848. The van der Waals surface area contributed by atoms with E-state index in [4.69, 9.17) is 0 Å². The average Bonchev–Trinajstić information content (AvgIpc) is 2.84. The van der Waals surface area contributed by atoms with Crippen molar-refractivity contribution in [3.63, 3.8) is 0 Å². The summed E-state index contributed by atoms with van der Waals surface area (Å²) in [5, 5.41) is 1.83. The molecule has 0 N–H and O–H groups in total. The highest BCUT2D eigenvalue weighted by molar-refractivity contribution is 7.12. The summed E-state index contributed by atoms with van der Waals surface area (Å²) in [7, 11) is 1.32. The Morgan fingerprint density at radius 2 is 2.21 bits per heavy atom. The number of hydrogen-bond donors (Lipinski definition) is 0. The zero-order chi connectivity index (χ0) is 10.2. The quantitative estimate of drug-likeness (QED) is 0.434. The topological polar surface area (TPSA) is 43.4 Å². The van der Waals surface area contributed by atoms with Crippen molar-refractivity contribution in [2.24, 2.45) is 5.41 Å². The highest BCUT2D eigenvalue weighted by atomic mass is 32.1. The normalized spacial score (nSPS) is 17.5. The van der Waals surface area contributed by atoms with E-state index in [1.165, 1.54) is 18.4 Å². The lowest BCUT2D eigenvalue weighted by atomic mass is 10.0. The standard InChI is InChI=1S/C10H10O3S/c1-13-9(12)10(4-5-10)8(11)7-3-2-6-14-7/h2-3,6H,4-5H2,1H3. The molecule has 0 atom stereocenters. The maximum absolute atomic E-state index is 11.9. The van der Waals surface area contributed by atoms with Crippen LogP contribution in [-0.2, 0) is 9.53 Å². The first-order valence-electron chi connectivity index (χ1n) is 4.37. The van der Waals surface area contributed by atoms with E-state index < -0.39 is 11.4 Å². The number of ether oxygens (including phenoxy) is 1. The van der Waals surface area contributed by atoms with Crippen LogP contribution in [0.2, 0.25) is 0 Å². The number of esters is 1. The van der Waals surface area contributed by atoms with Gasteiger partial charge in [0.15, 0.2) is 5.78 Å². The minimum Gasteiger partial charge on any atom is -0.468 e. The number of carbonyl (C=O) groups excluding carboxylic acids is 2. The molecule has 4 heteroatoms. The van der Waals surface area contributed by atoms with Crippen molar-refractivity contribution in [1.29, 1.82) is 0 Å². The van der Waals surface area contributed by atoms with E-state index in [0.29, 0.717) is 17.7 Å². The third-order valence-electron chi connectivity index (χ3n) is 2.51. The third-order valence-corrected chi connectivity index (χ3v) is 3.37. The van der Waals surface area contributed by atoms with Crippen LogP contribution in [0.5, 0.6) is 0 Å². The van der Waals surface area contributed by atoms with E-state index in [9.17, 15) is 9.59 Å². The Labute approximate surface area is 85.7 Å². The fourth-order valence-corrected chi connectivity index (χ4v) is 2.25. The maximum atomic E-state index is 11.9. The van der Waals surface area contributed by atoms with Gasteiger partial charge in [0.1, 0.15) is 5.41 Å². The fraction of sp³-hybridized carbons (Fsp3) is 0.400. The molecule has 2 rings (SSSR count). The van der Waals surface area contributed by atoms with Crippen LogP contribution in [0.4, 0.5) is 0 Å². The predicted molar refractivity (Wildman–Crippen MR) is 52.3 cm³/mol. The molecule has 1 saturated carbocycles. The van der Waals surface area contributed by atoms with Gasteiger partial charge in [0.2, 0.25) is 0 Å². The van der Waals surface area contributed by atoms with Crippen molar-refractivity contribution in [3.05, 3.63) is 22.4 Å². The van der Waals surface area contributed by atoms with Gasteiger partial charge in [0, 0.05) is 0 Å². The molecule has 0 unspecified atom stereocenters. The van der Waals surface area contributed by atoms with Gasteiger partial charge in [0.25, 0.3) is 0 Å². The molecule has 74 valence electrons. The second-order valence-corrected chi connectivity index (χ2v) is 4.33. The van der Waals surface area contributed by atoms with Crippen molar-refractivity contribution in [2.75, 3.05) is 7.11 Å². The molecule has 1 heterocycles. The molecule has 0 spiro atoms. The van der Waals surface area contributed by atoms with Gasteiger partial charge in [-0.3, -0.25) is 9.59 Å². The van der Waals surface area contributed by atoms with Crippen molar-refractivity contribution in [2.45, 2.75) is 12.8 Å². The number of thiophene rings is 1. The molecular formula is C10H10O3S. The van der Waals surface area contributed by atoms with Gasteiger partial charge in [-0.25, -0.2) is 0 Å². The van der Waals surface area contributed by atoms with Crippen LogP contribution in [0, 0.1) is 5.41 Å². The summed E-state index contributed by atoms with van der Waals surface area (Å²) in [4.78, 5) is 23.9. The minimum absolute atomic E-state index is 0.0839. The molecule has 1 aliphatic rings. The van der Waals surface area contributed by atoms with Crippen molar-refractivity contribution >= 4 is 23.1 Å². The van der Waals surface area contributed by atoms with Crippen LogP contribution in [0.15, 0.2) is 17.5 Å². The first-order chi connectivity index (χ1) is 6.70. The smallest absolute Gasteiger partial charge is 0.319 e. The SMILES string of the molecule is COC(=O)C1(C(=O)c2cccs2)CC1. The van der Waals surface area contributed by atoms with E-state index >= 15 is 0 Å². The number of carbonyl (C=O) groups is 2. The van der Waals surface area contributed by atoms with E-state index in [0.717, 1.165) is 0 Å². The molecule has 1 fully saturated rings. The van der Waals surface area contributed by atoms with E-state index in [2.05, 4.69) is 4.74 Å². The largest absolute Gasteiger partial charge is 0.468 e. The first-order valence-corrected chi connectivity index (χ1v) is 5.25. The van der Waals surface area contributed by atoms with Crippen molar-refractivity contribution in [3.8, 4) is 0 Å². The molecule has 0 aromatic carbocycles. The van der Waals surface area contributed by atoms with Gasteiger partial charge in [-0.05, 0) is 24.3 Å². The van der Waals surface area contributed by atoms with E-state index in [1.807, 2.05) is 11.4 Å². The highest BCUT2D eigenvalue weighted by Crippen LogP contribution is 2.49. The zero-order valence-corrected chi connectivity index (χ0v) is 8.60. The van der Waals surface area contributed by atoms with Gasteiger partial charge in [-0.2, -0.15) is 0 Å². The van der Waals surface area contributed by atoms with Gasteiger partial charge in [0.05, 0.1) is 12.0 Å². The second kappa shape index (κ2) is 3.20. The van der Waals surface area contributed by atoms with Crippen LogP contribution in [-0.4, -0.2) is 18.9 Å². The molecule has 0 radical (unpaired) electrons. The van der Waals surface area contributed by atoms with E-state index in [-0.39, 0.29) is 5.78 Å². The summed E-state index contributed by atoms with van der Waals surface area (Å²) < 4.78 is 4.64. The van der Waals surface area contributed by atoms with Crippen LogP contribution in [0.1, 0.15) is 22.5 Å². The van der Waals surface area contributed by atoms with E-state index in [1.54, 1.807) is 6.07 Å². The summed E-state index contributed by atoms with van der Waals surface area (Å²) in [6.07, 6.45) is 1.24. The van der Waals surface area contributed by atoms with Gasteiger partial charge in [-0.1, -0.05) is 6.07 Å². The molecule has 1 aliphatic carbocycles. The lowest BCUT2D eigenvalue weighted by molar-refractivity contribution is -0.144. The van der Waals surface area contributed by atoms with Crippen molar-refractivity contribution < 1.29 is 14.3 Å². The Morgan fingerprint density at radius 1 is 1.50 bits per heavy atom. The second-order valence-electron chi connectivity index (χ2n) is 3.38. The molecule has 1 aromatic rings. The highest BCUT2D eigenvalue weighted by Gasteiger charge is 2.57. The van der Waals surface area contributed by atoms with Crippen LogP contribution >= 0.6 is 11.3 Å². The lowest BCUT2D eigenvalue weighted by Crippen LogP contribution is -2.26. The molecule has 0 aliphatic heterocycles. The fourth-order valence-electron chi connectivity index (χ4n) is 1.49. The number of methoxy groups -OCH3 is 1. The Kier molecular flexibility index (Phi) is 2.15. The van der Waals surface area contributed by atoms with Crippen molar-refractivity contribution in [1.82, 2.24) is 0 Å². The van der Waals surface area contributed by atoms with Crippen LogP contribution < -0.4 is 0 Å². The summed E-state index contributed by atoms with van der Waals surface area (Å²) in [5.74, 6) is -0.477. The number of hydrogen-bond acceptors (Lipinski definition) is 4. The summed E-state index contributed by atoms with van der Waals surface area (Å²) >= 11 is 1.37. The lowest BCUT2D eigenvalue weighted by Gasteiger charge is -2.09. The predicted octanol–water partition coefficient (Wildman–Crippen LogP) is 1.88. The van der Waals surface area contributed by atoms with Gasteiger partial charge in [-0.15, -0.1) is 11.3 Å². The minimum atomic E-state index is -0.848. The van der Waals surface area contributed by atoms with Crippen LogP contribution in [0.3, 0.4) is 0 Å². The molecule has 3 nitrogen and oxygen atoms in total. The number of Topliss-reactive ketones (excluding diaryl/α,β-unsaturated/α-hetero) is 1. The molecule has 1 aromatic heterocycles. The third kappa shape index (κ3) is 1.26. The van der Waals surface area contributed by atoms with Gasteiger partial charge >= 0.3 is 5.97 Å². The molecule has 0 amide bonds. The number of rotatable bonds is 3. The summed E-state index contributed by atoms with van der Waals surface area (Å²) in [6, 6.07) is 3.56. The Hall–Kier alpha value is -1.16. The number of ketones is 1. The summed E-state index contributed by atoms with van der Waals surface area (Å²) in [6.45, 7) is 0. The Bertz CT molecular complexity index is 363. The van der Waals surface area contributed by atoms with Crippen LogP contribution in [0.25, 0.3) is 0 Å². The molecule has 14 heavy (non-hydrogen) atoms. The Morgan fingerprint density at radius 3 is 2.64 bits per heavy atom. The maximum Gasteiger partial charge on any atom is 0.319 e. The first kappa shape index (κ1) is 9.40. The van der Waals surface area contributed by atoms with Gasteiger partial charge < -0.3 is 4.74 Å². The Balaban J connectivity index is 2.24. The molecule has 0 saturated heterocycles. The average molecular weight is 210 g/mol. The molecular weight excluding hydrogens is 200 g/mol. The molecule has 0 bridgehead atoms. The zero-order valence-electron chi connectivity index (χ0n) is 7.78. The monoisotopic (exact) mass is 210 g/mol.